The molecule has 10 rings (SSSR count). The topological polar surface area (TPSA) is 57.4 Å². The van der Waals surface area contributed by atoms with Gasteiger partial charge < -0.3 is 9.97 Å². The number of alkyl halides is 6. The summed E-state index contributed by atoms with van der Waals surface area (Å²) in [6.07, 6.45) is -1.58. The summed E-state index contributed by atoms with van der Waals surface area (Å²) < 4.78 is 93.6. The fourth-order valence-electron chi connectivity index (χ4n) is 8.61. The number of H-pyrrole nitrogens is 2. The Morgan fingerprint density at radius 1 is 0.424 bits per heavy atom. The smallest absolute Gasteiger partial charge is 0.354 e. The fraction of sp³-hybridized carbons (Fsp3) is 0.102. The third-order valence-corrected chi connectivity index (χ3v) is 11.2. The molecular formula is C49H32F6N4. The lowest BCUT2D eigenvalue weighted by atomic mass is 9.90. The predicted molar refractivity (Wildman–Crippen MR) is 223 cm³/mol. The van der Waals surface area contributed by atoms with Crippen LogP contribution in [0.4, 0.5) is 26.3 Å². The number of nitrogens with one attached hydrogen (secondary N) is 2. The summed E-state index contributed by atoms with van der Waals surface area (Å²) in [5.41, 5.74) is 4.16. The van der Waals surface area contributed by atoms with Crippen LogP contribution in [-0.4, -0.2) is 19.9 Å². The van der Waals surface area contributed by atoms with E-state index < -0.39 is 23.5 Å². The van der Waals surface area contributed by atoms with E-state index in [0.717, 1.165) is 41.5 Å². The zero-order valence-electron chi connectivity index (χ0n) is 31.1. The third-order valence-electron chi connectivity index (χ3n) is 11.2. The molecule has 0 radical (unpaired) electrons. The summed E-state index contributed by atoms with van der Waals surface area (Å²) >= 11 is 0. The Morgan fingerprint density at radius 2 is 0.898 bits per heavy atom. The van der Waals surface area contributed by atoms with Gasteiger partial charge in [0.1, 0.15) is 11.1 Å². The van der Waals surface area contributed by atoms with E-state index >= 15 is 26.3 Å². The second-order valence-electron chi connectivity index (χ2n) is 14.8. The van der Waals surface area contributed by atoms with E-state index in [-0.39, 0.29) is 50.4 Å². The molecule has 1 aliphatic carbocycles. The number of fused-ring (bicyclic) bond motifs is 9. The summed E-state index contributed by atoms with van der Waals surface area (Å²) in [5.74, 6) is 0. The molecule has 0 unspecified atom stereocenters. The van der Waals surface area contributed by atoms with Gasteiger partial charge in [0.2, 0.25) is 0 Å². The van der Waals surface area contributed by atoms with Crippen molar-refractivity contribution >= 4 is 46.4 Å². The Morgan fingerprint density at radius 3 is 1.46 bits per heavy atom. The monoisotopic (exact) mass is 790 g/mol. The molecule has 0 atom stereocenters. The highest BCUT2D eigenvalue weighted by molar-refractivity contribution is 6.01. The lowest BCUT2D eigenvalue weighted by molar-refractivity contribution is -0.137. The molecular weight excluding hydrogens is 759 g/mol. The number of aromatic amines is 2. The van der Waals surface area contributed by atoms with Crippen molar-refractivity contribution in [2.45, 2.75) is 31.6 Å². The highest BCUT2D eigenvalue weighted by Gasteiger charge is 2.39. The minimum Gasteiger partial charge on any atom is -0.354 e. The number of rotatable bonds is 4. The van der Waals surface area contributed by atoms with Crippen molar-refractivity contribution in [2.75, 3.05) is 0 Å². The molecule has 0 saturated carbocycles. The van der Waals surface area contributed by atoms with Crippen molar-refractivity contribution in [1.29, 1.82) is 0 Å². The molecule has 3 aliphatic rings. The summed E-state index contributed by atoms with van der Waals surface area (Å²) in [4.78, 5) is 15.4. The number of aryl methyl sites for hydroxylation is 2. The van der Waals surface area contributed by atoms with Gasteiger partial charge in [-0.2, -0.15) is 26.3 Å². The lowest BCUT2D eigenvalue weighted by Gasteiger charge is -2.15. The number of benzene rings is 4. The molecule has 0 spiro atoms. The standard InChI is InChI=1S/C49H32F6N4/c50-48(51,52)45-39-22-19-36(56-39)43(29-13-6-2-7-14-29)37-21-24-41(58-37)46(49(53,54)55)47-35(34-26-32-18-10-17-31(32)25-33(34)28-11-4-1-5-12-28)27-42(59-47)44(30-15-8-3-9-16-30)38-20-23-40(45)57-38/h1-9,11-16,19-27,56,59H,10,17-18H2. The van der Waals surface area contributed by atoms with Crippen LogP contribution in [0.25, 0.3) is 90.9 Å². The first-order valence-electron chi connectivity index (χ1n) is 19.2. The third kappa shape index (κ3) is 6.45. The van der Waals surface area contributed by atoms with Crippen LogP contribution < -0.4 is 0 Å². The van der Waals surface area contributed by atoms with E-state index in [1.807, 2.05) is 36.4 Å². The molecule has 0 saturated heterocycles. The van der Waals surface area contributed by atoms with Gasteiger partial charge in [-0.3, -0.25) is 0 Å². The molecule has 3 aromatic heterocycles. The van der Waals surface area contributed by atoms with Crippen LogP contribution in [0.15, 0.2) is 121 Å². The highest BCUT2D eigenvalue weighted by atomic mass is 19.4. The fourth-order valence-corrected chi connectivity index (χ4v) is 8.61. The maximum atomic E-state index is 16.0. The van der Waals surface area contributed by atoms with Crippen molar-refractivity contribution in [2.24, 2.45) is 0 Å². The highest BCUT2D eigenvalue weighted by Crippen LogP contribution is 2.46. The molecule has 290 valence electrons. The van der Waals surface area contributed by atoms with E-state index in [0.29, 0.717) is 27.8 Å². The van der Waals surface area contributed by atoms with Crippen molar-refractivity contribution < 1.29 is 26.3 Å². The van der Waals surface area contributed by atoms with Gasteiger partial charge in [-0.15, -0.1) is 0 Å². The van der Waals surface area contributed by atoms with Crippen molar-refractivity contribution in [3.63, 3.8) is 0 Å². The minimum atomic E-state index is -4.91. The van der Waals surface area contributed by atoms with Crippen LogP contribution in [0, 0.1) is 0 Å². The van der Waals surface area contributed by atoms with E-state index in [2.05, 4.69) is 26.0 Å². The number of aromatic nitrogens is 4. The molecule has 7 aromatic rings. The molecule has 2 N–H and O–H groups in total. The normalized spacial score (nSPS) is 13.6. The van der Waals surface area contributed by atoms with Gasteiger partial charge in [0, 0.05) is 27.7 Å². The minimum absolute atomic E-state index is 0.155. The van der Waals surface area contributed by atoms with Crippen LogP contribution in [0.5, 0.6) is 0 Å². The van der Waals surface area contributed by atoms with E-state index in [9.17, 15) is 0 Å². The van der Waals surface area contributed by atoms with Crippen LogP contribution in [0.2, 0.25) is 0 Å². The SMILES string of the molecule is FC(F)(F)c1c2nc(c(-c3ccccc3)c3cc(-c4cc5c(cc4-c4ccccc4)CCC5)c([nH]3)c(C(F)(F)F)c3nc(c(-c4ccccc4)c4ccc1[nH]4)C=C3)C=C2. The number of hydrogen-bond donors (Lipinski definition) is 2. The van der Waals surface area contributed by atoms with Gasteiger partial charge in [-0.05, 0) is 101 Å². The lowest BCUT2D eigenvalue weighted by Crippen LogP contribution is -2.09. The summed E-state index contributed by atoms with van der Waals surface area (Å²) in [5, 5.41) is 0. The van der Waals surface area contributed by atoms with E-state index in [1.165, 1.54) is 36.4 Å². The van der Waals surface area contributed by atoms with Crippen molar-refractivity contribution in [1.82, 2.24) is 19.9 Å². The van der Waals surface area contributed by atoms with Gasteiger partial charge in [0.25, 0.3) is 0 Å². The van der Waals surface area contributed by atoms with Crippen LogP contribution in [0.1, 0.15) is 51.5 Å². The average Bonchev–Trinajstić information content (AvgIpc) is 4.08. The predicted octanol–water partition coefficient (Wildman–Crippen LogP) is 13.8. The molecule has 2 aliphatic heterocycles. The number of hydrogen-bond acceptors (Lipinski definition) is 2. The first-order valence-corrected chi connectivity index (χ1v) is 19.2. The molecule has 10 heteroatoms. The summed E-state index contributed by atoms with van der Waals surface area (Å²) in [7, 11) is 0. The van der Waals surface area contributed by atoms with E-state index in [1.54, 1.807) is 66.7 Å². The number of halogens is 6. The Hall–Kier alpha value is -6.94. The Balaban J connectivity index is 1.44. The first-order chi connectivity index (χ1) is 28.5. The molecule has 59 heavy (non-hydrogen) atoms. The molecule has 8 bridgehead atoms. The second kappa shape index (κ2) is 13.9. The van der Waals surface area contributed by atoms with Gasteiger partial charge in [-0.25, -0.2) is 9.97 Å². The van der Waals surface area contributed by atoms with Crippen molar-refractivity contribution in [3.8, 4) is 44.5 Å². The Bertz CT molecular complexity index is 3030. The molecule has 5 heterocycles. The maximum Gasteiger partial charge on any atom is 0.420 e. The molecule has 4 aromatic carbocycles. The number of nitrogens with zero attached hydrogens (tertiary/aromatic N) is 2. The van der Waals surface area contributed by atoms with Crippen LogP contribution in [-0.2, 0) is 25.2 Å². The first kappa shape index (κ1) is 36.4. The van der Waals surface area contributed by atoms with Crippen LogP contribution in [0.3, 0.4) is 0 Å². The van der Waals surface area contributed by atoms with Gasteiger partial charge in [-0.1, -0.05) is 103 Å². The molecule has 4 nitrogen and oxygen atoms in total. The largest absolute Gasteiger partial charge is 0.420 e. The van der Waals surface area contributed by atoms with Gasteiger partial charge in [0.05, 0.1) is 33.8 Å². The van der Waals surface area contributed by atoms with Crippen molar-refractivity contribution in [3.05, 3.63) is 166 Å². The molecule has 0 fully saturated rings. The average molecular weight is 791 g/mol. The Labute approximate surface area is 334 Å². The van der Waals surface area contributed by atoms with Crippen LogP contribution >= 0.6 is 0 Å². The zero-order valence-corrected chi connectivity index (χ0v) is 31.1. The van der Waals surface area contributed by atoms with Gasteiger partial charge in [0.15, 0.2) is 0 Å². The van der Waals surface area contributed by atoms with E-state index in [4.69, 9.17) is 0 Å². The summed E-state index contributed by atoms with van der Waals surface area (Å²) in [6.45, 7) is 0. The Kier molecular flexibility index (Phi) is 8.56. The quantitative estimate of drug-likeness (QED) is 0.174. The zero-order chi connectivity index (χ0) is 40.5. The van der Waals surface area contributed by atoms with Gasteiger partial charge >= 0.3 is 12.4 Å². The maximum absolute atomic E-state index is 16.0. The summed E-state index contributed by atoms with van der Waals surface area (Å²) in [6, 6.07) is 35.7. The second-order valence-corrected chi connectivity index (χ2v) is 14.8. The molecule has 0 amide bonds.